The second-order valence-electron chi connectivity index (χ2n) is 9.93. The number of carbonyl (C=O) groups is 1. The van der Waals surface area contributed by atoms with Crippen LogP contribution in [0.5, 0.6) is 0 Å². The Kier molecular flexibility index (Phi) is 7.29. The van der Waals surface area contributed by atoms with Gasteiger partial charge in [-0.2, -0.15) is 5.10 Å². The number of nitrogens with zero attached hydrogens (tertiary/aromatic N) is 6. The molecule has 39 heavy (non-hydrogen) atoms. The average molecular weight is 525 g/mol. The van der Waals surface area contributed by atoms with E-state index in [0.717, 1.165) is 61.2 Å². The summed E-state index contributed by atoms with van der Waals surface area (Å²) in [6, 6.07) is 11.7. The molecule has 0 saturated carbocycles. The zero-order valence-electron chi connectivity index (χ0n) is 22.0. The standard InChI is InChI=1S/C29H32N8O2/c1-30-29(38)33-23-6-4-22(5-7-23)27-34-26(21-10-15-39-16-11-21)25-18-32-37(28(25)35-27)24-8-13-36(14-9-24)19-20-3-2-12-31-17-20/h2-7,10,12,17-18,24H,8-9,11,13-16,19H2,1H3,(H2,30,33,38). The number of rotatable bonds is 6. The van der Waals surface area contributed by atoms with Crippen LogP contribution >= 0.6 is 0 Å². The fourth-order valence-corrected chi connectivity index (χ4v) is 5.28. The largest absolute Gasteiger partial charge is 0.377 e. The molecule has 0 aliphatic carbocycles. The van der Waals surface area contributed by atoms with Gasteiger partial charge >= 0.3 is 6.03 Å². The van der Waals surface area contributed by atoms with Gasteiger partial charge < -0.3 is 15.4 Å². The maximum atomic E-state index is 11.7. The minimum absolute atomic E-state index is 0.260. The molecule has 0 unspecified atom stereocenters. The maximum Gasteiger partial charge on any atom is 0.318 e. The minimum atomic E-state index is -0.260. The first kappa shape index (κ1) is 25.1. The van der Waals surface area contributed by atoms with Gasteiger partial charge in [-0.15, -0.1) is 0 Å². The number of amides is 2. The number of anilines is 1. The Morgan fingerprint density at radius 1 is 1.10 bits per heavy atom. The summed E-state index contributed by atoms with van der Waals surface area (Å²) in [6.07, 6.45) is 10.6. The number of ether oxygens (including phenoxy) is 1. The second-order valence-corrected chi connectivity index (χ2v) is 9.93. The molecule has 2 amide bonds. The van der Waals surface area contributed by atoms with E-state index in [2.05, 4.69) is 37.3 Å². The van der Waals surface area contributed by atoms with Crippen LogP contribution in [-0.4, -0.2) is 69.0 Å². The third-order valence-corrected chi connectivity index (χ3v) is 7.38. The van der Waals surface area contributed by atoms with Crippen LogP contribution in [0.3, 0.4) is 0 Å². The van der Waals surface area contributed by atoms with E-state index >= 15 is 0 Å². The van der Waals surface area contributed by atoms with Crippen LogP contribution in [0.25, 0.3) is 28.0 Å². The summed E-state index contributed by atoms with van der Waals surface area (Å²) in [7, 11) is 1.59. The molecular formula is C29H32N8O2. The minimum Gasteiger partial charge on any atom is -0.377 e. The van der Waals surface area contributed by atoms with Crippen molar-refractivity contribution >= 4 is 28.3 Å². The van der Waals surface area contributed by atoms with Gasteiger partial charge in [-0.25, -0.2) is 19.4 Å². The number of pyridine rings is 1. The normalized spacial score (nSPS) is 16.7. The second kappa shape index (κ2) is 11.3. The highest BCUT2D eigenvalue weighted by atomic mass is 16.5. The Hall–Kier alpha value is -4.15. The van der Waals surface area contributed by atoms with E-state index in [1.54, 1.807) is 7.05 Å². The van der Waals surface area contributed by atoms with Gasteiger partial charge in [0.2, 0.25) is 0 Å². The Morgan fingerprint density at radius 2 is 1.95 bits per heavy atom. The van der Waals surface area contributed by atoms with E-state index < -0.39 is 0 Å². The molecule has 10 nitrogen and oxygen atoms in total. The van der Waals surface area contributed by atoms with E-state index in [0.29, 0.717) is 24.7 Å². The van der Waals surface area contributed by atoms with Gasteiger partial charge in [0.15, 0.2) is 11.5 Å². The van der Waals surface area contributed by atoms with Crippen molar-refractivity contribution in [1.29, 1.82) is 0 Å². The van der Waals surface area contributed by atoms with Crippen LogP contribution in [0.4, 0.5) is 10.5 Å². The number of urea groups is 1. The fourth-order valence-electron chi connectivity index (χ4n) is 5.28. The van der Waals surface area contributed by atoms with E-state index in [1.807, 2.05) is 48.9 Å². The molecule has 0 spiro atoms. The SMILES string of the molecule is CNC(=O)Nc1ccc(-c2nc(C3=CCOCC3)c3cnn(C4CCN(Cc5cccnc5)CC4)c3n2)cc1. The van der Waals surface area contributed by atoms with Crippen LogP contribution in [0, 0.1) is 0 Å². The van der Waals surface area contributed by atoms with E-state index in [9.17, 15) is 4.79 Å². The molecule has 0 bridgehead atoms. The molecule has 1 aromatic carbocycles. The van der Waals surface area contributed by atoms with E-state index in [-0.39, 0.29) is 12.1 Å². The highest BCUT2D eigenvalue weighted by Gasteiger charge is 2.25. The molecule has 1 saturated heterocycles. The number of piperidine rings is 1. The lowest BCUT2D eigenvalue weighted by molar-refractivity contribution is 0.161. The van der Waals surface area contributed by atoms with Crippen molar-refractivity contribution in [2.24, 2.45) is 0 Å². The van der Waals surface area contributed by atoms with Gasteiger partial charge in [0.25, 0.3) is 0 Å². The lowest BCUT2D eigenvalue weighted by atomic mass is 10.0. The first-order chi connectivity index (χ1) is 19.2. The smallest absolute Gasteiger partial charge is 0.318 e. The topological polar surface area (TPSA) is 110 Å². The zero-order valence-corrected chi connectivity index (χ0v) is 22.0. The summed E-state index contributed by atoms with van der Waals surface area (Å²) in [5.41, 5.74) is 5.77. The molecule has 200 valence electrons. The highest BCUT2D eigenvalue weighted by molar-refractivity contribution is 5.90. The van der Waals surface area contributed by atoms with Crippen LogP contribution in [0.15, 0.2) is 61.1 Å². The van der Waals surface area contributed by atoms with Crippen LogP contribution in [0.1, 0.15) is 36.6 Å². The zero-order chi connectivity index (χ0) is 26.6. The number of carbonyl (C=O) groups excluding carboxylic acids is 1. The van der Waals surface area contributed by atoms with Gasteiger partial charge in [0.05, 0.1) is 36.5 Å². The van der Waals surface area contributed by atoms with E-state index in [4.69, 9.17) is 19.8 Å². The van der Waals surface area contributed by atoms with Crippen molar-refractivity contribution in [1.82, 2.24) is 34.9 Å². The lowest BCUT2D eigenvalue weighted by Crippen LogP contribution is -2.34. The summed E-state index contributed by atoms with van der Waals surface area (Å²) in [5.74, 6) is 0.646. The summed E-state index contributed by atoms with van der Waals surface area (Å²) < 4.78 is 7.67. The first-order valence-corrected chi connectivity index (χ1v) is 13.4. The summed E-state index contributed by atoms with van der Waals surface area (Å²) >= 11 is 0. The Bertz CT molecular complexity index is 1470. The van der Waals surface area contributed by atoms with Crippen molar-refractivity contribution in [3.63, 3.8) is 0 Å². The maximum absolute atomic E-state index is 11.7. The van der Waals surface area contributed by atoms with Crippen molar-refractivity contribution in [2.75, 3.05) is 38.7 Å². The number of benzene rings is 1. The molecule has 0 atom stereocenters. The van der Waals surface area contributed by atoms with Gasteiger partial charge in [-0.3, -0.25) is 9.88 Å². The Labute approximate surface area is 227 Å². The lowest BCUT2D eigenvalue weighted by Gasteiger charge is -2.32. The predicted molar refractivity (Wildman–Crippen MR) is 150 cm³/mol. The molecule has 6 rings (SSSR count). The van der Waals surface area contributed by atoms with Gasteiger partial charge in [0, 0.05) is 50.3 Å². The van der Waals surface area contributed by atoms with Crippen molar-refractivity contribution < 1.29 is 9.53 Å². The van der Waals surface area contributed by atoms with Crippen LogP contribution in [-0.2, 0) is 11.3 Å². The fraction of sp³-hybridized carbons (Fsp3) is 0.345. The number of nitrogens with one attached hydrogen (secondary N) is 2. The average Bonchev–Trinajstić information content (AvgIpc) is 3.42. The van der Waals surface area contributed by atoms with Gasteiger partial charge in [-0.05, 0) is 60.7 Å². The molecule has 4 aromatic rings. The van der Waals surface area contributed by atoms with E-state index in [1.165, 1.54) is 11.1 Å². The molecular weight excluding hydrogens is 492 g/mol. The molecule has 2 N–H and O–H groups in total. The highest BCUT2D eigenvalue weighted by Crippen LogP contribution is 2.32. The molecule has 2 aliphatic heterocycles. The van der Waals surface area contributed by atoms with Crippen molar-refractivity contribution in [3.8, 4) is 11.4 Å². The van der Waals surface area contributed by atoms with Crippen molar-refractivity contribution in [2.45, 2.75) is 31.8 Å². The number of hydrogen-bond acceptors (Lipinski definition) is 7. The molecule has 3 aromatic heterocycles. The number of aromatic nitrogens is 5. The molecule has 10 heteroatoms. The third-order valence-electron chi connectivity index (χ3n) is 7.38. The van der Waals surface area contributed by atoms with Crippen molar-refractivity contribution in [3.05, 3.63) is 72.3 Å². The quantitative estimate of drug-likeness (QED) is 0.387. The number of likely N-dealkylation sites (tertiary alicyclic amines) is 1. The monoisotopic (exact) mass is 524 g/mol. The number of fused-ring (bicyclic) bond motifs is 1. The Balaban J connectivity index is 1.30. The summed E-state index contributed by atoms with van der Waals surface area (Å²) in [4.78, 5) is 28.5. The molecule has 5 heterocycles. The first-order valence-electron chi connectivity index (χ1n) is 13.4. The summed E-state index contributed by atoms with van der Waals surface area (Å²) in [6.45, 7) is 4.16. The molecule has 1 fully saturated rings. The van der Waals surface area contributed by atoms with Gasteiger partial charge in [-0.1, -0.05) is 12.1 Å². The van der Waals surface area contributed by atoms with Crippen LogP contribution < -0.4 is 10.6 Å². The predicted octanol–water partition coefficient (Wildman–Crippen LogP) is 4.28. The summed E-state index contributed by atoms with van der Waals surface area (Å²) in [5, 5.41) is 11.2. The molecule has 2 aliphatic rings. The van der Waals surface area contributed by atoms with Gasteiger partial charge in [0.1, 0.15) is 0 Å². The third kappa shape index (κ3) is 5.52. The molecule has 0 radical (unpaired) electrons. The number of hydrogen-bond donors (Lipinski definition) is 2. The Morgan fingerprint density at radius 3 is 2.67 bits per heavy atom. The van der Waals surface area contributed by atoms with Crippen LogP contribution in [0.2, 0.25) is 0 Å².